The summed E-state index contributed by atoms with van der Waals surface area (Å²) in [6, 6.07) is 4.36. The molecule has 0 bridgehead atoms. The third-order valence-electron chi connectivity index (χ3n) is 1.93. The number of nitrogens with one attached hydrogen (secondary N) is 1. The van der Waals surface area contributed by atoms with Crippen LogP contribution in [0.1, 0.15) is 22.8 Å². The van der Waals surface area contributed by atoms with E-state index in [1.807, 2.05) is 0 Å². The van der Waals surface area contributed by atoms with Crippen molar-refractivity contribution in [1.29, 1.82) is 0 Å². The fraction of sp³-hybridized carbons (Fsp3) is 0.182. The quantitative estimate of drug-likeness (QED) is 0.859. The number of carbonyl (C=O) groups is 1. The molecule has 0 aliphatic rings. The Labute approximate surface area is 99.8 Å². The summed E-state index contributed by atoms with van der Waals surface area (Å²) in [7, 11) is -3.41. The summed E-state index contributed by atoms with van der Waals surface area (Å²) >= 11 is 0. The topological polar surface area (TPSA) is 83.5 Å². The van der Waals surface area contributed by atoms with Crippen LogP contribution in [0.4, 0.5) is 5.69 Å². The van der Waals surface area contributed by atoms with Crippen molar-refractivity contribution in [3.05, 3.63) is 35.4 Å². The van der Waals surface area contributed by atoms with Gasteiger partial charge < -0.3 is 5.11 Å². The lowest BCUT2D eigenvalue weighted by Gasteiger charge is -2.07. The van der Waals surface area contributed by atoms with Gasteiger partial charge in [0.15, 0.2) is 0 Å². The van der Waals surface area contributed by atoms with Crippen molar-refractivity contribution in [3.63, 3.8) is 0 Å². The summed E-state index contributed by atoms with van der Waals surface area (Å²) in [6.45, 7) is 1.77. The summed E-state index contributed by atoms with van der Waals surface area (Å²) in [5.41, 5.74) is 0.814. The van der Waals surface area contributed by atoms with E-state index in [1.165, 1.54) is 12.1 Å². The Morgan fingerprint density at radius 2 is 2.06 bits per heavy atom. The molecule has 0 aromatic heterocycles. The van der Waals surface area contributed by atoms with Crippen LogP contribution in [0, 0.1) is 0 Å². The zero-order valence-corrected chi connectivity index (χ0v) is 10.3. The van der Waals surface area contributed by atoms with Crippen molar-refractivity contribution in [2.45, 2.75) is 6.92 Å². The molecule has 0 saturated carbocycles. The number of rotatable bonds is 4. The van der Waals surface area contributed by atoms with Gasteiger partial charge in [0.2, 0.25) is 10.0 Å². The number of allylic oxidation sites excluding steroid dienone is 1. The number of carboxylic acids is 1. The molecular weight excluding hydrogens is 242 g/mol. The van der Waals surface area contributed by atoms with Crippen LogP contribution in [0.15, 0.2) is 24.3 Å². The van der Waals surface area contributed by atoms with Crippen LogP contribution in [-0.4, -0.2) is 25.7 Å². The molecule has 0 aliphatic heterocycles. The molecule has 5 nitrogen and oxygen atoms in total. The minimum absolute atomic E-state index is 0.0525. The molecule has 1 aromatic carbocycles. The first-order chi connectivity index (χ1) is 7.83. The highest BCUT2D eigenvalue weighted by Gasteiger charge is 2.10. The van der Waals surface area contributed by atoms with Gasteiger partial charge in [0, 0.05) is 5.69 Å². The first-order valence-corrected chi connectivity index (χ1v) is 6.70. The number of carboxylic acid groups (broad SMARTS) is 1. The third kappa shape index (κ3) is 3.92. The number of hydrogen-bond acceptors (Lipinski definition) is 3. The van der Waals surface area contributed by atoms with Crippen molar-refractivity contribution in [2.24, 2.45) is 0 Å². The molecule has 1 rings (SSSR count). The van der Waals surface area contributed by atoms with Crippen LogP contribution in [0.3, 0.4) is 0 Å². The second-order valence-corrected chi connectivity index (χ2v) is 5.23. The Morgan fingerprint density at radius 1 is 1.41 bits per heavy atom. The van der Waals surface area contributed by atoms with E-state index in [-0.39, 0.29) is 11.3 Å². The second kappa shape index (κ2) is 5.01. The summed E-state index contributed by atoms with van der Waals surface area (Å²) in [5.74, 6) is -1.10. The first-order valence-electron chi connectivity index (χ1n) is 4.81. The minimum Gasteiger partial charge on any atom is -0.478 e. The van der Waals surface area contributed by atoms with Gasteiger partial charge in [0.25, 0.3) is 0 Å². The Hall–Kier alpha value is -1.82. The van der Waals surface area contributed by atoms with Crippen molar-refractivity contribution in [2.75, 3.05) is 11.0 Å². The molecular formula is C11H13NO4S. The monoisotopic (exact) mass is 255 g/mol. The van der Waals surface area contributed by atoms with Gasteiger partial charge in [-0.15, -0.1) is 0 Å². The predicted octanol–water partition coefficient (Wildman–Crippen LogP) is 1.79. The Bertz CT molecular complexity index is 561. The molecule has 2 N–H and O–H groups in total. The average molecular weight is 255 g/mol. The number of aromatic carboxylic acids is 1. The van der Waals surface area contributed by atoms with E-state index >= 15 is 0 Å². The van der Waals surface area contributed by atoms with E-state index in [4.69, 9.17) is 5.11 Å². The van der Waals surface area contributed by atoms with Crippen LogP contribution in [0.25, 0.3) is 6.08 Å². The first kappa shape index (κ1) is 13.2. The van der Waals surface area contributed by atoms with Crippen LogP contribution in [0.2, 0.25) is 0 Å². The molecule has 0 heterocycles. The Morgan fingerprint density at radius 3 is 2.53 bits per heavy atom. The molecule has 0 unspecified atom stereocenters. The van der Waals surface area contributed by atoms with Crippen LogP contribution >= 0.6 is 0 Å². The highest BCUT2D eigenvalue weighted by atomic mass is 32.2. The van der Waals surface area contributed by atoms with Gasteiger partial charge in [-0.1, -0.05) is 18.2 Å². The summed E-state index contributed by atoms with van der Waals surface area (Å²) in [5, 5.41) is 9.00. The molecule has 1 aromatic rings. The van der Waals surface area contributed by atoms with Crippen molar-refractivity contribution < 1.29 is 18.3 Å². The number of sulfonamides is 1. The average Bonchev–Trinajstić information content (AvgIpc) is 2.18. The van der Waals surface area contributed by atoms with E-state index in [2.05, 4.69) is 4.72 Å². The zero-order valence-electron chi connectivity index (χ0n) is 9.47. The van der Waals surface area contributed by atoms with Gasteiger partial charge in [-0.05, 0) is 24.6 Å². The van der Waals surface area contributed by atoms with E-state index < -0.39 is 16.0 Å². The lowest BCUT2D eigenvalue weighted by molar-refractivity contribution is 0.0696. The zero-order chi connectivity index (χ0) is 13.1. The molecule has 0 spiro atoms. The van der Waals surface area contributed by atoms with Gasteiger partial charge in [-0.25, -0.2) is 13.2 Å². The molecule has 0 atom stereocenters. The normalized spacial score (nSPS) is 11.6. The lowest BCUT2D eigenvalue weighted by atomic mass is 10.1. The molecule has 0 radical (unpaired) electrons. The highest BCUT2D eigenvalue weighted by Crippen LogP contribution is 2.18. The smallest absolute Gasteiger partial charge is 0.336 e. The van der Waals surface area contributed by atoms with Crippen LogP contribution in [0.5, 0.6) is 0 Å². The summed E-state index contributed by atoms with van der Waals surface area (Å²) < 4.78 is 24.3. The fourth-order valence-corrected chi connectivity index (χ4v) is 1.90. The molecule has 0 aliphatic carbocycles. The molecule has 0 saturated heterocycles. The van der Waals surface area contributed by atoms with Gasteiger partial charge in [0.1, 0.15) is 0 Å². The summed E-state index contributed by atoms with van der Waals surface area (Å²) in [6.07, 6.45) is 4.37. The SMILES string of the molecule is CC=Cc1ccc(NS(C)(=O)=O)cc1C(=O)O. The maximum Gasteiger partial charge on any atom is 0.336 e. The van der Waals surface area contributed by atoms with Gasteiger partial charge in [-0.3, -0.25) is 4.72 Å². The molecule has 17 heavy (non-hydrogen) atoms. The molecule has 92 valence electrons. The minimum atomic E-state index is -3.41. The van der Waals surface area contributed by atoms with E-state index in [1.54, 1.807) is 25.1 Å². The predicted molar refractivity (Wildman–Crippen MR) is 66.6 cm³/mol. The maximum atomic E-state index is 11.0. The van der Waals surface area contributed by atoms with E-state index in [9.17, 15) is 13.2 Å². The lowest BCUT2D eigenvalue weighted by Crippen LogP contribution is -2.10. The number of benzene rings is 1. The Balaban J connectivity index is 3.23. The molecule has 0 amide bonds. The highest BCUT2D eigenvalue weighted by molar-refractivity contribution is 7.92. The van der Waals surface area contributed by atoms with Crippen molar-refractivity contribution in [3.8, 4) is 0 Å². The third-order valence-corrected chi connectivity index (χ3v) is 2.54. The maximum absolute atomic E-state index is 11.0. The molecule has 6 heteroatoms. The number of hydrogen-bond donors (Lipinski definition) is 2. The standard InChI is InChI=1S/C11H13NO4S/c1-3-4-8-5-6-9(12-17(2,15)16)7-10(8)11(13)14/h3-7,12H,1-2H3,(H,13,14). The fourth-order valence-electron chi connectivity index (χ4n) is 1.34. The molecule has 0 fully saturated rings. The number of anilines is 1. The summed E-state index contributed by atoms with van der Waals surface area (Å²) in [4.78, 5) is 11.0. The van der Waals surface area contributed by atoms with Crippen LogP contribution in [-0.2, 0) is 10.0 Å². The second-order valence-electron chi connectivity index (χ2n) is 3.48. The van der Waals surface area contributed by atoms with Gasteiger partial charge in [0.05, 0.1) is 11.8 Å². The van der Waals surface area contributed by atoms with Crippen LogP contribution < -0.4 is 4.72 Å². The van der Waals surface area contributed by atoms with Crippen molar-refractivity contribution in [1.82, 2.24) is 0 Å². The largest absolute Gasteiger partial charge is 0.478 e. The van der Waals surface area contributed by atoms with E-state index in [0.717, 1.165) is 6.26 Å². The van der Waals surface area contributed by atoms with Crippen molar-refractivity contribution >= 4 is 27.8 Å². The Kier molecular flexibility index (Phi) is 3.90. The van der Waals surface area contributed by atoms with Gasteiger partial charge >= 0.3 is 5.97 Å². The van der Waals surface area contributed by atoms with E-state index in [0.29, 0.717) is 5.56 Å². The van der Waals surface area contributed by atoms with Gasteiger partial charge in [-0.2, -0.15) is 0 Å².